The van der Waals surface area contributed by atoms with Gasteiger partial charge in [-0.15, -0.1) is 11.3 Å². The van der Waals surface area contributed by atoms with E-state index in [-0.39, 0.29) is 6.04 Å². The summed E-state index contributed by atoms with van der Waals surface area (Å²) >= 11 is 1.76. The molecular formula is C15H23N5S. The van der Waals surface area contributed by atoms with Crippen molar-refractivity contribution in [3.63, 3.8) is 0 Å². The maximum atomic E-state index is 4.50. The molecule has 6 heteroatoms. The van der Waals surface area contributed by atoms with Gasteiger partial charge in [0.25, 0.3) is 0 Å². The Morgan fingerprint density at radius 3 is 2.57 bits per heavy atom. The summed E-state index contributed by atoms with van der Waals surface area (Å²) in [5.74, 6) is 1.80. The molecule has 0 spiro atoms. The molecule has 0 aliphatic carbocycles. The van der Waals surface area contributed by atoms with E-state index in [0.717, 1.165) is 41.5 Å². The zero-order valence-electron chi connectivity index (χ0n) is 13.1. The van der Waals surface area contributed by atoms with Crippen LogP contribution in [0.2, 0.25) is 0 Å². The first-order valence-corrected chi connectivity index (χ1v) is 8.23. The van der Waals surface area contributed by atoms with Gasteiger partial charge in [0.05, 0.1) is 6.04 Å². The van der Waals surface area contributed by atoms with Crippen LogP contribution in [0.4, 0.5) is 11.6 Å². The van der Waals surface area contributed by atoms with Gasteiger partial charge in [0.1, 0.15) is 23.0 Å². The van der Waals surface area contributed by atoms with Crippen molar-refractivity contribution in [2.45, 2.75) is 46.1 Å². The predicted molar refractivity (Wildman–Crippen MR) is 89.1 cm³/mol. The number of hydrogen-bond acceptors (Lipinski definition) is 6. The summed E-state index contributed by atoms with van der Waals surface area (Å²) < 4.78 is 0. The van der Waals surface area contributed by atoms with Gasteiger partial charge in [-0.05, 0) is 19.8 Å². The molecule has 2 aromatic rings. The van der Waals surface area contributed by atoms with E-state index in [1.54, 1.807) is 17.7 Å². The molecule has 0 aliphatic heterocycles. The number of thiazole rings is 1. The van der Waals surface area contributed by atoms with E-state index < -0.39 is 0 Å². The van der Waals surface area contributed by atoms with Gasteiger partial charge in [-0.3, -0.25) is 0 Å². The molecule has 0 fully saturated rings. The van der Waals surface area contributed by atoms with Crippen LogP contribution in [0.15, 0.2) is 12.5 Å². The summed E-state index contributed by atoms with van der Waals surface area (Å²) in [7, 11) is 1.89. The molecule has 0 saturated carbocycles. The molecule has 2 rings (SSSR count). The van der Waals surface area contributed by atoms with Gasteiger partial charge >= 0.3 is 0 Å². The third-order valence-corrected chi connectivity index (χ3v) is 4.65. The van der Waals surface area contributed by atoms with Gasteiger partial charge in [-0.1, -0.05) is 20.3 Å². The van der Waals surface area contributed by atoms with E-state index in [9.17, 15) is 0 Å². The maximum Gasteiger partial charge on any atom is 0.135 e. The van der Waals surface area contributed by atoms with Crippen LogP contribution in [0.3, 0.4) is 0 Å². The van der Waals surface area contributed by atoms with Crippen molar-refractivity contribution in [3.05, 3.63) is 28.0 Å². The molecule has 1 atom stereocenters. The minimum absolute atomic E-state index is 0.144. The highest BCUT2D eigenvalue weighted by Crippen LogP contribution is 2.27. The van der Waals surface area contributed by atoms with Gasteiger partial charge in [0, 0.05) is 23.7 Å². The number of hydrogen-bond donors (Lipinski definition) is 2. The first-order chi connectivity index (χ1) is 10.2. The molecule has 2 heterocycles. The molecule has 2 aromatic heterocycles. The lowest BCUT2D eigenvalue weighted by molar-refractivity contribution is 0.839. The highest BCUT2D eigenvalue weighted by molar-refractivity contribution is 7.11. The Morgan fingerprint density at radius 2 is 1.95 bits per heavy atom. The van der Waals surface area contributed by atoms with Gasteiger partial charge in [-0.2, -0.15) is 0 Å². The fourth-order valence-corrected chi connectivity index (χ4v) is 3.05. The Labute approximate surface area is 130 Å². The van der Waals surface area contributed by atoms with Crippen LogP contribution in [0.1, 0.15) is 48.7 Å². The van der Waals surface area contributed by atoms with Crippen molar-refractivity contribution in [2.75, 3.05) is 17.7 Å². The van der Waals surface area contributed by atoms with Gasteiger partial charge in [0.15, 0.2) is 0 Å². The Bertz CT molecular complexity index is 581. The first-order valence-electron chi connectivity index (χ1n) is 7.42. The van der Waals surface area contributed by atoms with Gasteiger partial charge in [-0.25, -0.2) is 15.0 Å². The minimum Gasteiger partial charge on any atom is -0.373 e. The maximum absolute atomic E-state index is 4.50. The Kier molecular flexibility index (Phi) is 5.50. The number of aryl methyl sites for hydroxylation is 1. The monoisotopic (exact) mass is 305 g/mol. The Morgan fingerprint density at radius 1 is 1.19 bits per heavy atom. The number of nitrogens with zero attached hydrogens (tertiary/aromatic N) is 3. The molecule has 1 unspecified atom stereocenters. The molecule has 0 saturated heterocycles. The number of aromatic nitrogens is 3. The van der Waals surface area contributed by atoms with E-state index in [1.165, 1.54) is 4.88 Å². The SMILES string of the molecule is CCCc1c(NC)ncnc1NC(C)c1ncc(CC)s1. The predicted octanol–water partition coefficient (Wildman–Crippen LogP) is 3.66. The van der Waals surface area contributed by atoms with Crippen molar-refractivity contribution >= 4 is 23.0 Å². The van der Waals surface area contributed by atoms with Crippen molar-refractivity contribution in [3.8, 4) is 0 Å². The fraction of sp³-hybridized carbons (Fsp3) is 0.533. The Hall–Kier alpha value is -1.69. The van der Waals surface area contributed by atoms with Gasteiger partial charge < -0.3 is 10.6 Å². The van der Waals surface area contributed by atoms with Gasteiger partial charge in [0.2, 0.25) is 0 Å². The molecule has 21 heavy (non-hydrogen) atoms. The largest absolute Gasteiger partial charge is 0.373 e. The fourth-order valence-electron chi connectivity index (χ4n) is 2.19. The molecule has 2 N–H and O–H groups in total. The molecule has 0 amide bonds. The molecule has 114 valence electrons. The van der Waals surface area contributed by atoms with Crippen molar-refractivity contribution in [2.24, 2.45) is 0 Å². The lowest BCUT2D eigenvalue weighted by Gasteiger charge is -2.17. The molecule has 0 bridgehead atoms. The van der Waals surface area contributed by atoms with Crippen LogP contribution in [0, 0.1) is 0 Å². The number of rotatable bonds is 7. The van der Waals surface area contributed by atoms with Crippen molar-refractivity contribution in [1.82, 2.24) is 15.0 Å². The highest BCUT2D eigenvalue weighted by Gasteiger charge is 2.15. The lowest BCUT2D eigenvalue weighted by atomic mass is 10.1. The summed E-state index contributed by atoms with van der Waals surface area (Å²) in [4.78, 5) is 14.5. The second-order valence-corrected chi connectivity index (χ2v) is 6.08. The highest BCUT2D eigenvalue weighted by atomic mass is 32.1. The zero-order chi connectivity index (χ0) is 15.2. The average molecular weight is 305 g/mol. The molecule has 5 nitrogen and oxygen atoms in total. The standard InChI is InChI=1S/C15H23N5S/c1-5-7-12-13(16-4)18-9-19-14(12)20-10(3)15-17-8-11(6-2)21-15/h8-10H,5-7H2,1-4H3,(H2,16,18,19,20). The summed E-state index contributed by atoms with van der Waals surface area (Å²) in [5, 5.41) is 7.72. The second-order valence-electron chi connectivity index (χ2n) is 4.93. The topological polar surface area (TPSA) is 62.7 Å². The van der Waals surface area contributed by atoms with E-state index in [2.05, 4.69) is 46.4 Å². The quantitative estimate of drug-likeness (QED) is 0.817. The minimum atomic E-state index is 0.144. The Balaban J connectivity index is 2.21. The average Bonchev–Trinajstić information content (AvgIpc) is 2.98. The van der Waals surface area contributed by atoms with E-state index in [4.69, 9.17) is 0 Å². The third-order valence-electron chi connectivity index (χ3n) is 3.33. The molecule has 0 radical (unpaired) electrons. The summed E-state index contributed by atoms with van der Waals surface area (Å²) in [6.07, 6.45) is 6.60. The van der Waals surface area contributed by atoms with E-state index in [1.807, 2.05) is 13.2 Å². The molecular weight excluding hydrogens is 282 g/mol. The number of anilines is 2. The van der Waals surface area contributed by atoms with Crippen molar-refractivity contribution < 1.29 is 0 Å². The van der Waals surface area contributed by atoms with Crippen LogP contribution in [-0.4, -0.2) is 22.0 Å². The van der Waals surface area contributed by atoms with Crippen LogP contribution < -0.4 is 10.6 Å². The van der Waals surface area contributed by atoms with E-state index >= 15 is 0 Å². The zero-order valence-corrected chi connectivity index (χ0v) is 13.9. The lowest BCUT2D eigenvalue weighted by Crippen LogP contribution is -2.12. The van der Waals surface area contributed by atoms with Crippen LogP contribution in [0.5, 0.6) is 0 Å². The first kappa shape index (κ1) is 15.7. The third kappa shape index (κ3) is 3.69. The van der Waals surface area contributed by atoms with E-state index in [0.29, 0.717) is 0 Å². The summed E-state index contributed by atoms with van der Waals surface area (Å²) in [6, 6.07) is 0.144. The molecule has 0 aromatic carbocycles. The van der Waals surface area contributed by atoms with Crippen LogP contribution in [0.25, 0.3) is 0 Å². The summed E-state index contributed by atoms with van der Waals surface area (Å²) in [6.45, 7) is 6.43. The smallest absolute Gasteiger partial charge is 0.135 e. The summed E-state index contributed by atoms with van der Waals surface area (Å²) in [5.41, 5.74) is 1.14. The normalized spacial score (nSPS) is 12.2. The second kappa shape index (κ2) is 7.36. The van der Waals surface area contributed by atoms with Crippen molar-refractivity contribution in [1.29, 1.82) is 0 Å². The van der Waals surface area contributed by atoms with Crippen LogP contribution in [-0.2, 0) is 12.8 Å². The number of nitrogens with one attached hydrogen (secondary N) is 2. The molecule has 0 aliphatic rings. The van der Waals surface area contributed by atoms with Crippen LogP contribution >= 0.6 is 11.3 Å².